The van der Waals surface area contributed by atoms with Gasteiger partial charge in [-0.2, -0.15) is 0 Å². The van der Waals surface area contributed by atoms with Crippen LogP contribution in [0.15, 0.2) is 48.7 Å². The minimum absolute atomic E-state index is 0.0913. The van der Waals surface area contributed by atoms with Crippen molar-refractivity contribution in [2.75, 3.05) is 0 Å². The number of carbonyl (C=O) groups is 1. The van der Waals surface area contributed by atoms with E-state index in [0.29, 0.717) is 24.7 Å². The van der Waals surface area contributed by atoms with E-state index >= 15 is 0 Å². The molecule has 28 heavy (non-hydrogen) atoms. The maximum atomic E-state index is 12.4. The van der Waals surface area contributed by atoms with E-state index in [4.69, 9.17) is 10.1 Å². The Bertz CT molecular complexity index is 945. The van der Waals surface area contributed by atoms with Gasteiger partial charge in [0.05, 0.1) is 5.69 Å². The molecule has 3 aromatic rings. The normalized spacial score (nSPS) is 14.3. The van der Waals surface area contributed by atoms with Gasteiger partial charge in [0.25, 0.3) is 0 Å². The topological polar surface area (TPSA) is 72.7 Å². The predicted molar refractivity (Wildman–Crippen MR) is 108 cm³/mol. The number of amides is 1. The summed E-state index contributed by atoms with van der Waals surface area (Å²) >= 11 is 0. The van der Waals surface area contributed by atoms with Crippen LogP contribution in [0.3, 0.4) is 0 Å². The first-order valence-electron chi connectivity index (χ1n) is 9.93. The summed E-state index contributed by atoms with van der Waals surface area (Å²) in [5.41, 5.74) is 2.79. The van der Waals surface area contributed by atoms with E-state index in [0.717, 1.165) is 35.6 Å². The van der Waals surface area contributed by atoms with Crippen LogP contribution in [0.2, 0.25) is 0 Å². The van der Waals surface area contributed by atoms with Crippen LogP contribution >= 0.6 is 0 Å². The Labute approximate surface area is 165 Å². The van der Waals surface area contributed by atoms with Crippen molar-refractivity contribution < 1.29 is 4.79 Å². The highest BCUT2D eigenvalue weighted by molar-refractivity contribution is 5.76. The van der Waals surface area contributed by atoms with E-state index in [-0.39, 0.29) is 5.91 Å². The molecular formula is C22H25N5O. The van der Waals surface area contributed by atoms with Crippen LogP contribution in [-0.2, 0) is 11.2 Å². The van der Waals surface area contributed by atoms with Gasteiger partial charge in [0.2, 0.25) is 5.91 Å². The van der Waals surface area contributed by atoms with Gasteiger partial charge in [-0.25, -0.2) is 9.67 Å². The molecule has 1 fully saturated rings. The molecule has 1 amide bonds. The lowest BCUT2D eigenvalue weighted by molar-refractivity contribution is -0.121. The molecule has 2 heterocycles. The minimum Gasteiger partial charge on any atom is -0.353 e. The summed E-state index contributed by atoms with van der Waals surface area (Å²) in [4.78, 5) is 21.4. The zero-order chi connectivity index (χ0) is 19.3. The molecule has 0 aliphatic heterocycles. The summed E-state index contributed by atoms with van der Waals surface area (Å²) in [7, 11) is 0. The number of nitrogens with one attached hydrogen (secondary N) is 1. The van der Waals surface area contributed by atoms with E-state index in [1.54, 1.807) is 6.20 Å². The Kier molecular flexibility index (Phi) is 5.46. The number of aromatic nitrogens is 4. The Morgan fingerprint density at radius 3 is 2.71 bits per heavy atom. The Morgan fingerprint density at radius 2 is 1.96 bits per heavy atom. The van der Waals surface area contributed by atoms with Gasteiger partial charge < -0.3 is 5.32 Å². The number of hydrogen-bond donors (Lipinski definition) is 1. The maximum absolute atomic E-state index is 12.4. The third-order valence-electron chi connectivity index (χ3n) is 5.13. The smallest absolute Gasteiger partial charge is 0.220 e. The second-order valence-electron chi connectivity index (χ2n) is 7.33. The third-order valence-corrected chi connectivity index (χ3v) is 5.13. The molecule has 1 aliphatic rings. The van der Waals surface area contributed by atoms with Crippen LogP contribution in [0.4, 0.5) is 0 Å². The fraction of sp³-hybridized carbons (Fsp3) is 0.364. The van der Waals surface area contributed by atoms with Crippen molar-refractivity contribution in [1.82, 2.24) is 25.1 Å². The molecule has 0 saturated heterocycles. The fourth-order valence-electron chi connectivity index (χ4n) is 3.68. The van der Waals surface area contributed by atoms with Crippen molar-refractivity contribution in [1.29, 1.82) is 0 Å². The summed E-state index contributed by atoms with van der Waals surface area (Å²) < 4.78 is 1.83. The first-order chi connectivity index (χ1) is 13.7. The van der Waals surface area contributed by atoms with E-state index in [1.807, 2.05) is 54.1 Å². The molecule has 1 N–H and O–H groups in total. The van der Waals surface area contributed by atoms with E-state index in [1.165, 1.54) is 12.8 Å². The van der Waals surface area contributed by atoms with Crippen molar-refractivity contribution in [2.24, 2.45) is 0 Å². The number of hydrogen-bond acceptors (Lipinski definition) is 4. The monoisotopic (exact) mass is 375 g/mol. The highest BCUT2D eigenvalue weighted by Crippen LogP contribution is 2.20. The molecular weight excluding hydrogens is 350 g/mol. The van der Waals surface area contributed by atoms with Gasteiger partial charge in [-0.15, -0.1) is 5.10 Å². The number of aryl methyl sites for hydroxylation is 2. The van der Waals surface area contributed by atoms with Crippen LogP contribution in [0.25, 0.3) is 17.1 Å². The summed E-state index contributed by atoms with van der Waals surface area (Å²) in [6, 6.07) is 14.1. The van der Waals surface area contributed by atoms with Crippen molar-refractivity contribution in [3.63, 3.8) is 0 Å². The molecule has 0 spiro atoms. The summed E-state index contributed by atoms with van der Waals surface area (Å²) in [5, 5.41) is 7.87. The van der Waals surface area contributed by atoms with Gasteiger partial charge in [-0.05, 0) is 31.9 Å². The van der Waals surface area contributed by atoms with Crippen molar-refractivity contribution >= 4 is 5.91 Å². The van der Waals surface area contributed by atoms with Gasteiger partial charge in [-0.1, -0.05) is 43.2 Å². The zero-order valence-electron chi connectivity index (χ0n) is 16.1. The molecule has 0 radical (unpaired) electrons. The van der Waals surface area contributed by atoms with E-state index < -0.39 is 0 Å². The lowest BCUT2D eigenvalue weighted by atomic mass is 10.2. The maximum Gasteiger partial charge on any atom is 0.220 e. The summed E-state index contributed by atoms with van der Waals surface area (Å²) in [6.45, 7) is 1.95. The summed E-state index contributed by atoms with van der Waals surface area (Å²) in [6.07, 6.45) is 7.33. The first-order valence-corrected chi connectivity index (χ1v) is 9.93. The Morgan fingerprint density at radius 1 is 1.18 bits per heavy atom. The third kappa shape index (κ3) is 4.27. The Balaban J connectivity index is 1.57. The minimum atomic E-state index is 0.0913. The number of benzene rings is 1. The average Bonchev–Trinajstić information content (AvgIpc) is 3.37. The largest absolute Gasteiger partial charge is 0.353 e. The predicted octanol–water partition coefficient (Wildman–Crippen LogP) is 3.63. The molecule has 6 heteroatoms. The number of rotatable bonds is 6. The Hall–Kier alpha value is -3.02. The van der Waals surface area contributed by atoms with Gasteiger partial charge in [0.1, 0.15) is 5.82 Å². The molecule has 144 valence electrons. The molecule has 1 aliphatic carbocycles. The highest BCUT2D eigenvalue weighted by Gasteiger charge is 2.19. The highest BCUT2D eigenvalue weighted by atomic mass is 16.1. The molecule has 0 bridgehead atoms. The number of nitrogens with zero attached hydrogens (tertiary/aromatic N) is 4. The van der Waals surface area contributed by atoms with Gasteiger partial charge in [-0.3, -0.25) is 9.78 Å². The second kappa shape index (κ2) is 8.33. The first kappa shape index (κ1) is 18.3. The van der Waals surface area contributed by atoms with Crippen LogP contribution in [-0.4, -0.2) is 31.7 Å². The standard InChI is InChI=1S/C22H25N5O/c1-16-15-19(13-14-23-16)27-20(11-12-21(28)24-18-9-5-6-10-18)25-22(26-27)17-7-3-2-4-8-17/h2-4,7-8,13-15,18H,5-6,9-12H2,1H3,(H,24,28). The molecule has 2 aromatic heterocycles. The zero-order valence-corrected chi connectivity index (χ0v) is 16.1. The van der Waals surface area contributed by atoms with Gasteiger partial charge in [0.15, 0.2) is 5.82 Å². The van der Waals surface area contributed by atoms with Gasteiger partial charge >= 0.3 is 0 Å². The number of carbonyl (C=O) groups excluding carboxylic acids is 1. The van der Waals surface area contributed by atoms with E-state index in [9.17, 15) is 4.79 Å². The molecule has 0 unspecified atom stereocenters. The SMILES string of the molecule is Cc1cc(-n2nc(-c3ccccc3)nc2CCC(=O)NC2CCCC2)ccn1. The second-order valence-corrected chi connectivity index (χ2v) is 7.33. The van der Waals surface area contributed by atoms with Crippen molar-refractivity contribution in [3.8, 4) is 17.1 Å². The quantitative estimate of drug-likeness (QED) is 0.714. The molecule has 1 aromatic carbocycles. The average molecular weight is 375 g/mol. The number of pyridine rings is 1. The molecule has 0 atom stereocenters. The van der Waals surface area contributed by atoms with Crippen LogP contribution in [0.5, 0.6) is 0 Å². The molecule has 1 saturated carbocycles. The van der Waals surface area contributed by atoms with Crippen LogP contribution in [0, 0.1) is 6.92 Å². The van der Waals surface area contributed by atoms with Crippen LogP contribution in [0.1, 0.15) is 43.6 Å². The van der Waals surface area contributed by atoms with E-state index in [2.05, 4.69) is 10.3 Å². The van der Waals surface area contributed by atoms with Crippen molar-refractivity contribution in [3.05, 3.63) is 60.2 Å². The molecule has 6 nitrogen and oxygen atoms in total. The van der Waals surface area contributed by atoms with Crippen LogP contribution < -0.4 is 5.32 Å². The summed E-state index contributed by atoms with van der Waals surface area (Å²) in [5.74, 6) is 1.54. The molecule has 4 rings (SSSR count). The van der Waals surface area contributed by atoms with Gasteiger partial charge in [0, 0.05) is 36.3 Å². The lowest BCUT2D eigenvalue weighted by Crippen LogP contribution is -2.32. The van der Waals surface area contributed by atoms with Crippen molar-refractivity contribution in [2.45, 2.75) is 51.5 Å². The lowest BCUT2D eigenvalue weighted by Gasteiger charge is -2.11. The fourth-order valence-corrected chi connectivity index (χ4v) is 3.68.